The van der Waals surface area contributed by atoms with Gasteiger partial charge in [-0.1, -0.05) is 18.6 Å². The van der Waals surface area contributed by atoms with Crippen LogP contribution in [0.1, 0.15) is 41.0 Å². The normalized spacial score (nSPS) is 21.4. The van der Waals surface area contributed by atoms with Crippen molar-refractivity contribution in [2.45, 2.75) is 38.8 Å². The highest BCUT2D eigenvalue weighted by Crippen LogP contribution is 2.33. The van der Waals surface area contributed by atoms with Crippen LogP contribution < -0.4 is 4.74 Å². The van der Waals surface area contributed by atoms with Crippen LogP contribution in [0.4, 0.5) is 0 Å². The number of rotatable bonds is 7. The second kappa shape index (κ2) is 10.4. The number of fused-ring (bicyclic) bond motifs is 1. The summed E-state index contributed by atoms with van der Waals surface area (Å²) in [7, 11) is 4.04. The number of benzene rings is 1. The summed E-state index contributed by atoms with van der Waals surface area (Å²) in [5, 5.41) is 0. The first-order valence-corrected chi connectivity index (χ1v) is 11.7. The van der Waals surface area contributed by atoms with Crippen molar-refractivity contribution < 1.29 is 9.53 Å². The highest BCUT2D eigenvalue weighted by atomic mass is 16.5. The summed E-state index contributed by atoms with van der Waals surface area (Å²) in [4.78, 5) is 29.0. The Bertz CT molecular complexity index is 901. The van der Waals surface area contributed by atoms with Gasteiger partial charge in [0, 0.05) is 56.7 Å². The van der Waals surface area contributed by atoms with Gasteiger partial charge in [-0.3, -0.25) is 9.69 Å². The molecule has 3 heterocycles. The van der Waals surface area contributed by atoms with Crippen LogP contribution in [0.3, 0.4) is 0 Å². The van der Waals surface area contributed by atoms with Gasteiger partial charge in [0.05, 0.1) is 5.56 Å². The molecular weight excluding hydrogens is 402 g/mol. The predicted octanol–water partition coefficient (Wildman–Crippen LogP) is 2.85. The first kappa shape index (κ1) is 22.7. The van der Waals surface area contributed by atoms with Crippen LogP contribution in [0.2, 0.25) is 0 Å². The van der Waals surface area contributed by atoms with Gasteiger partial charge in [0.2, 0.25) is 0 Å². The number of likely N-dealkylation sites (N-methyl/N-ethyl adjacent to an activating group) is 1. The van der Waals surface area contributed by atoms with Crippen molar-refractivity contribution in [1.82, 2.24) is 24.7 Å². The molecule has 2 aliphatic rings. The fourth-order valence-corrected chi connectivity index (χ4v) is 4.84. The number of hydrogen-bond donors (Lipinski definition) is 0. The van der Waals surface area contributed by atoms with Crippen LogP contribution in [0, 0.1) is 12.8 Å². The van der Waals surface area contributed by atoms with E-state index >= 15 is 0 Å². The first-order valence-electron chi connectivity index (χ1n) is 11.7. The second-order valence-electron chi connectivity index (χ2n) is 9.30. The second-order valence-corrected chi connectivity index (χ2v) is 9.30. The Morgan fingerprint density at radius 1 is 1.16 bits per heavy atom. The Morgan fingerprint density at radius 2 is 1.94 bits per heavy atom. The fourth-order valence-electron chi connectivity index (χ4n) is 4.84. The summed E-state index contributed by atoms with van der Waals surface area (Å²) in [6.07, 6.45) is 7.25. The van der Waals surface area contributed by atoms with E-state index in [1.54, 1.807) is 0 Å². The van der Waals surface area contributed by atoms with Crippen molar-refractivity contribution in [2.75, 3.05) is 46.9 Å². The largest absolute Gasteiger partial charge is 0.491 e. The van der Waals surface area contributed by atoms with E-state index in [0.29, 0.717) is 23.8 Å². The van der Waals surface area contributed by atoms with Gasteiger partial charge in [-0.25, -0.2) is 9.97 Å². The average molecular weight is 438 g/mol. The summed E-state index contributed by atoms with van der Waals surface area (Å²) in [5.74, 6) is 2.09. The maximum absolute atomic E-state index is 13.7. The molecule has 0 aliphatic carbocycles. The van der Waals surface area contributed by atoms with Gasteiger partial charge in [-0.05, 0) is 51.9 Å². The molecule has 0 N–H and O–H groups in total. The number of likely N-dealkylation sites (tertiary alicyclic amines) is 2. The molecule has 0 saturated carbocycles. The summed E-state index contributed by atoms with van der Waals surface area (Å²) in [6, 6.07) is 7.93. The van der Waals surface area contributed by atoms with Crippen molar-refractivity contribution >= 4 is 5.91 Å². The number of para-hydroxylation sites is 1. The molecule has 2 atom stereocenters. The lowest BCUT2D eigenvalue weighted by atomic mass is 9.98. The molecule has 2 fully saturated rings. The third-order valence-corrected chi connectivity index (χ3v) is 6.52. The van der Waals surface area contributed by atoms with Crippen LogP contribution in [-0.4, -0.2) is 83.5 Å². The molecule has 4 rings (SSSR count). The van der Waals surface area contributed by atoms with Crippen LogP contribution in [0.15, 0.2) is 36.7 Å². The van der Waals surface area contributed by atoms with E-state index in [4.69, 9.17) is 4.74 Å². The van der Waals surface area contributed by atoms with E-state index in [1.165, 1.54) is 12.8 Å². The van der Waals surface area contributed by atoms with Gasteiger partial charge >= 0.3 is 0 Å². The van der Waals surface area contributed by atoms with Gasteiger partial charge in [0.15, 0.2) is 0 Å². The summed E-state index contributed by atoms with van der Waals surface area (Å²) < 4.78 is 6.00. The van der Waals surface area contributed by atoms with E-state index in [9.17, 15) is 4.79 Å². The third-order valence-electron chi connectivity index (χ3n) is 6.52. The van der Waals surface area contributed by atoms with Crippen LogP contribution in [-0.2, 0) is 6.54 Å². The molecule has 7 heteroatoms. The number of nitrogens with zero attached hydrogens (tertiary/aromatic N) is 5. The van der Waals surface area contributed by atoms with Crippen LogP contribution in [0.25, 0.3) is 0 Å². The number of hydrogen-bond acceptors (Lipinski definition) is 6. The van der Waals surface area contributed by atoms with Gasteiger partial charge in [-0.15, -0.1) is 0 Å². The molecule has 2 aliphatic heterocycles. The molecule has 172 valence electrons. The van der Waals surface area contributed by atoms with Crippen molar-refractivity contribution in [3.05, 3.63) is 53.6 Å². The Labute approximate surface area is 191 Å². The average Bonchev–Trinajstić information content (AvgIpc) is 3.06. The maximum atomic E-state index is 13.7. The van der Waals surface area contributed by atoms with E-state index in [-0.39, 0.29) is 11.9 Å². The molecule has 0 spiro atoms. The highest BCUT2D eigenvalue weighted by molar-refractivity contribution is 5.97. The monoisotopic (exact) mass is 437 g/mol. The minimum Gasteiger partial charge on any atom is -0.491 e. The molecule has 32 heavy (non-hydrogen) atoms. The molecular formula is C25H35N5O2. The Morgan fingerprint density at radius 3 is 2.72 bits per heavy atom. The Hall–Kier alpha value is -2.51. The van der Waals surface area contributed by atoms with Crippen molar-refractivity contribution in [1.29, 1.82) is 0 Å². The summed E-state index contributed by atoms with van der Waals surface area (Å²) >= 11 is 0. The zero-order valence-electron chi connectivity index (χ0n) is 19.5. The van der Waals surface area contributed by atoms with E-state index in [1.807, 2.05) is 57.7 Å². The van der Waals surface area contributed by atoms with Crippen molar-refractivity contribution in [3.8, 4) is 5.75 Å². The minimum absolute atomic E-state index is 0.0999. The molecule has 2 saturated heterocycles. The molecule has 0 radical (unpaired) electrons. The fraction of sp³-hybridized carbons (Fsp3) is 0.560. The molecule has 2 aromatic rings. The number of carbonyl (C=O) groups is 1. The summed E-state index contributed by atoms with van der Waals surface area (Å²) in [5.41, 5.74) is 1.81. The first-order chi connectivity index (χ1) is 15.5. The van der Waals surface area contributed by atoms with Gasteiger partial charge in [-0.2, -0.15) is 0 Å². The molecule has 0 bridgehead atoms. The van der Waals surface area contributed by atoms with E-state index in [2.05, 4.69) is 24.7 Å². The summed E-state index contributed by atoms with van der Waals surface area (Å²) in [6.45, 7) is 6.85. The third kappa shape index (κ3) is 5.45. The quantitative estimate of drug-likeness (QED) is 0.664. The number of aryl methyl sites for hydroxylation is 1. The molecule has 0 unspecified atom stereocenters. The number of aromatic nitrogens is 2. The Balaban J connectivity index is 1.48. The lowest BCUT2D eigenvalue weighted by Crippen LogP contribution is -2.44. The van der Waals surface area contributed by atoms with Crippen molar-refractivity contribution in [2.24, 2.45) is 5.92 Å². The lowest BCUT2D eigenvalue weighted by Gasteiger charge is -2.31. The number of carbonyl (C=O) groups excluding carboxylic acids is 1. The number of ether oxygens (including phenoxy) is 1. The Kier molecular flexibility index (Phi) is 7.37. The van der Waals surface area contributed by atoms with Gasteiger partial charge < -0.3 is 14.5 Å². The molecule has 1 aromatic heterocycles. The smallest absolute Gasteiger partial charge is 0.257 e. The highest BCUT2D eigenvalue weighted by Gasteiger charge is 2.40. The maximum Gasteiger partial charge on any atom is 0.257 e. The number of amides is 1. The molecule has 7 nitrogen and oxygen atoms in total. The van der Waals surface area contributed by atoms with Crippen LogP contribution in [0.5, 0.6) is 5.75 Å². The minimum atomic E-state index is 0.0999. The lowest BCUT2D eigenvalue weighted by molar-refractivity contribution is 0.0659. The van der Waals surface area contributed by atoms with Gasteiger partial charge in [0.1, 0.15) is 18.2 Å². The van der Waals surface area contributed by atoms with Gasteiger partial charge in [0.25, 0.3) is 5.91 Å². The topological polar surface area (TPSA) is 61.8 Å². The van der Waals surface area contributed by atoms with Crippen molar-refractivity contribution in [3.63, 3.8) is 0 Å². The SMILES string of the molecule is Cc1ncc(CN2C[C@@H]3CCCCN(C(=O)c4ccccc4OCCN(C)C)[C@@H]3C2)cn1. The molecule has 1 amide bonds. The van der Waals surface area contributed by atoms with Crippen LogP contribution >= 0.6 is 0 Å². The predicted molar refractivity (Wildman–Crippen MR) is 125 cm³/mol. The zero-order chi connectivity index (χ0) is 22.5. The standard InChI is InChI=1S/C25H35N5O2/c1-19-26-14-20(15-27-19)16-29-17-21-8-6-7-11-30(23(21)18-29)25(31)22-9-4-5-10-24(22)32-13-12-28(2)3/h4-5,9-10,14-15,21,23H,6-8,11-13,16-18H2,1-3H3/t21-,23+/m0/s1. The van der Waals surface area contributed by atoms with E-state index < -0.39 is 0 Å². The molecule has 1 aromatic carbocycles. The van der Waals surface area contributed by atoms with E-state index in [0.717, 1.165) is 50.5 Å². The zero-order valence-corrected chi connectivity index (χ0v) is 19.5.